The van der Waals surface area contributed by atoms with E-state index in [9.17, 15) is 22.8 Å². The third-order valence-electron chi connectivity index (χ3n) is 6.04. The van der Waals surface area contributed by atoms with E-state index in [-0.39, 0.29) is 37.4 Å². The fraction of sp³-hybridized carbons (Fsp3) is 0.440. The van der Waals surface area contributed by atoms with Crippen LogP contribution in [0.3, 0.4) is 0 Å². The van der Waals surface area contributed by atoms with Crippen molar-refractivity contribution in [1.29, 1.82) is 0 Å². The molecular formula is C25H29F3N2O5. The molecule has 3 rings (SSSR count). The van der Waals surface area contributed by atoms with E-state index in [1.54, 1.807) is 11.0 Å². The third kappa shape index (κ3) is 6.66. The van der Waals surface area contributed by atoms with E-state index in [1.807, 2.05) is 12.1 Å². The van der Waals surface area contributed by atoms with Crippen molar-refractivity contribution in [3.8, 4) is 11.5 Å². The molecule has 2 atom stereocenters. The van der Waals surface area contributed by atoms with Crippen molar-refractivity contribution in [2.24, 2.45) is 5.92 Å². The zero-order valence-corrected chi connectivity index (χ0v) is 19.9. The van der Waals surface area contributed by atoms with Gasteiger partial charge < -0.3 is 24.4 Å². The fourth-order valence-electron chi connectivity index (χ4n) is 4.25. The highest BCUT2D eigenvalue weighted by molar-refractivity contribution is 5.82. The molecule has 1 N–H and O–H groups in total. The molecule has 2 amide bonds. The number of carbonyl (C=O) groups excluding carboxylic acids is 2. The van der Waals surface area contributed by atoms with Gasteiger partial charge in [-0.3, -0.25) is 9.59 Å². The lowest BCUT2D eigenvalue weighted by molar-refractivity contribution is -0.139. The molecule has 7 nitrogen and oxygen atoms in total. The molecule has 0 spiro atoms. The van der Waals surface area contributed by atoms with Gasteiger partial charge in [-0.05, 0) is 41.8 Å². The summed E-state index contributed by atoms with van der Waals surface area (Å²) in [5, 5.41) is 2.73. The molecule has 0 bridgehead atoms. The number of hydrogen-bond donors (Lipinski definition) is 1. The number of amides is 2. The average Bonchev–Trinajstić information content (AvgIpc) is 2.86. The number of ether oxygens (including phenoxy) is 3. The van der Waals surface area contributed by atoms with Crippen LogP contribution < -0.4 is 14.8 Å². The third-order valence-corrected chi connectivity index (χ3v) is 6.04. The minimum Gasteiger partial charge on any atom is -0.493 e. The lowest BCUT2D eigenvalue weighted by atomic mass is 9.83. The Labute approximate surface area is 202 Å². The summed E-state index contributed by atoms with van der Waals surface area (Å²) in [6.45, 7) is 0.430. The van der Waals surface area contributed by atoms with Crippen molar-refractivity contribution in [2.75, 3.05) is 41.0 Å². The Balaban J connectivity index is 1.77. The predicted molar refractivity (Wildman–Crippen MR) is 122 cm³/mol. The number of benzene rings is 2. The Bertz CT molecular complexity index is 1040. The van der Waals surface area contributed by atoms with Gasteiger partial charge >= 0.3 is 6.18 Å². The van der Waals surface area contributed by atoms with E-state index in [0.717, 1.165) is 17.7 Å². The molecule has 1 saturated heterocycles. The lowest BCUT2D eigenvalue weighted by Crippen LogP contribution is -2.48. The molecule has 0 aliphatic carbocycles. The molecule has 0 unspecified atom stereocenters. The molecule has 2 aromatic carbocycles. The van der Waals surface area contributed by atoms with Gasteiger partial charge in [0.15, 0.2) is 11.5 Å². The highest BCUT2D eigenvalue weighted by Crippen LogP contribution is 2.36. The first kappa shape index (κ1) is 26.3. The van der Waals surface area contributed by atoms with E-state index in [1.165, 1.54) is 33.5 Å². The van der Waals surface area contributed by atoms with Crippen LogP contribution in [0.2, 0.25) is 0 Å². The first-order valence-corrected chi connectivity index (χ1v) is 11.1. The molecule has 35 heavy (non-hydrogen) atoms. The minimum atomic E-state index is -4.46. The number of halogens is 3. The van der Waals surface area contributed by atoms with Crippen molar-refractivity contribution < 1.29 is 37.0 Å². The van der Waals surface area contributed by atoms with Crippen LogP contribution in [-0.4, -0.2) is 57.7 Å². The second-order valence-corrected chi connectivity index (χ2v) is 8.39. The summed E-state index contributed by atoms with van der Waals surface area (Å²) in [7, 11) is 4.49. The zero-order chi connectivity index (χ0) is 25.6. The normalized spacial score (nSPS) is 18.2. The standard InChI is InChI=1S/C25H29F3N2O5/c1-33-15-23(31)30-13-18(17-7-8-21(34-2)22(11-17)35-3)10-19(14-30)24(32)29-12-16-5-4-6-20(9-16)25(26,27)28/h4-9,11,18-19H,10,12-15H2,1-3H3,(H,29,32)/t18-,19-/m0/s1. The van der Waals surface area contributed by atoms with Crippen LogP contribution in [-0.2, 0) is 27.0 Å². The number of hydrogen-bond acceptors (Lipinski definition) is 5. The van der Waals surface area contributed by atoms with Crippen molar-refractivity contribution in [3.05, 3.63) is 59.2 Å². The van der Waals surface area contributed by atoms with Crippen LogP contribution in [0.1, 0.15) is 29.0 Å². The van der Waals surface area contributed by atoms with Gasteiger partial charge in [-0.1, -0.05) is 18.2 Å². The van der Waals surface area contributed by atoms with E-state index < -0.39 is 17.7 Å². The second kappa shape index (κ2) is 11.4. The van der Waals surface area contributed by atoms with Gasteiger partial charge in [-0.25, -0.2) is 0 Å². The van der Waals surface area contributed by atoms with Crippen LogP contribution in [0.5, 0.6) is 11.5 Å². The summed E-state index contributed by atoms with van der Waals surface area (Å²) in [6, 6.07) is 10.3. The van der Waals surface area contributed by atoms with Gasteiger partial charge in [-0.2, -0.15) is 13.2 Å². The van der Waals surface area contributed by atoms with Gasteiger partial charge in [0.05, 0.1) is 25.7 Å². The summed E-state index contributed by atoms with van der Waals surface area (Å²) in [5.41, 5.74) is 0.452. The molecule has 1 aliphatic rings. The maximum atomic E-state index is 13.0. The highest BCUT2D eigenvalue weighted by Gasteiger charge is 2.35. The highest BCUT2D eigenvalue weighted by atomic mass is 19.4. The van der Waals surface area contributed by atoms with Crippen LogP contribution >= 0.6 is 0 Å². The molecule has 1 heterocycles. The molecule has 0 radical (unpaired) electrons. The summed E-state index contributed by atoms with van der Waals surface area (Å²) in [6.07, 6.45) is -4.00. The Morgan fingerprint density at radius 2 is 1.77 bits per heavy atom. The van der Waals surface area contributed by atoms with E-state index >= 15 is 0 Å². The number of nitrogens with one attached hydrogen (secondary N) is 1. The monoisotopic (exact) mass is 494 g/mol. The van der Waals surface area contributed by atoms with Gasteiger partial charge in [0.2, 0.25) is 11.8 Å². The van der Waals surface area contributed by atoms with Crippen LogP contribution in [0.15, 0.2) is 42.5 Å². The molecule has 190 valence electrons. The predicted octanol–water partition coefficient (Wildman–Crippen LogP) is 3.62. The average molecular weight is 495 g/mol. The molecule has 0 saturated carbocycles. The van der Waals surface area contributed by atoms with Gasteiger partial charge in [0, 0.05) is 32.7 Å². The lowest BCUT2D eigenvalue weighted by Gasteiger charge is -2.37. The van der Waals surface area contributed by atoms with Gasteiger partial charge in [0.1, 0.15) is 6.61 Å². The summed E-state index contributed by atoms with van der Waals surface area (Å²) in [4.78, 5) is 27.2. The molecule has 1 aliphatic heterocycles. The van der Waals surface area contributed by atoms with E-state index in [0.29, 0.717) is 30.0 Å². The van der Waals surface area contributed by atoms with Crippen molar-refractivity contribution in [2.45, 2.75) is 25.1 Å². The molecule has 0 aromatic heterocycles. The Morgan fingerprint density at radius 3 is 2.43 bits per heavy atom. The van der Waals surface area contributed by atoms with E-state index in [2.05, 4.69) is 5.32 Å². The number of rotatable bonds is 8. The summed E-state index contributed by atoms with van der Waals surface area (Å²) < 4.78 is 54.6. The first-order chi connectivity index (χ1) is 16.7. The smallest absolute Gasteiger partial charge is 0.416 e. The Morgan fingerprint density at radius 1 is 1.03 bits per heavy atom. The second-order valence-electron chi connectivity index (χ2n) is 8.39. The van der Waals surface area contributed by atoms with Crippen molar-refractivity contribution >= 4 is 11.8 Å². The molecular weight excluding hydrogens is 465 g/mol. The number of alkyl halides is 3. The van der Waals surface area contributed by atoms with E-state index in [4.69, 9.17) is 14.2 Å². The van der Waals surface area contributed by atoms with Gasteiger partial charge in [-0.15, -0.1) is 0 Å². The minimum absolute atomic E-state index is 0.0493. The van der Waals surface area contributed by atoms with Crippen LogP contribution in [0, 0.1) is 5.92 Å². The van der Waals surface area contributed by atoms with Crippen molar-refractivity contribution in [1.82, 2.24) is 10.2 Å². The van der Waals surface area contributed by atoms with Gasteiger partial charge in [0.25, 0.3) is 0 Å². The number of methoxy groups -OCH3 is 3. The molecule has 2 aromatic rings. The number of carbonyl (C=O) groups is 2. The van der Waals surface area contributed by atoms with Crippen LogP contribution in [0.4, 0.5) is 13.2 Å². The Kier molecular flexibility index (Phi) is 8.61. The fourth-order valence-corrected chi connectivity index (χ4v) is 4.25. The quantitative estimate of drug-likeness (QED) is 0.607. The number of likely N-dealkylation sites (tertiary alicyclic amines) is 1. The number of piperidine rings is 1. The molecule has 10 heteroatoms. The Hall–Kier alpha value is -3.27. The summed E-state index contributed by atoms with van der Waals surface area (Å²) >= 11 is 0. The maximum Gasteiger partial charge on any atom is 0.416 e. The number of nitrogens with zero attached hydrogens (tertiary/aromatic N) is 1. The summed E-state index contributed by atoms with van der Waals surface area (Å²) in [5.74, 6) is -0.177. The SMILES string of the molecule is COCC(=O)N1C[C@@H](C(=O)NCc2cccc(C(F)(F)F)c2)C[C@H](c2ccc(OC)c(OC)c2)C1. The molecule has 1 fully saturated rings. The zero-order valence-electron chi connectivity index (χ0n) is 19.9. The van der Waals surface area contributed by atoms with Crippen LogP contribution in [0.25, 0.3) is 0 Å². The largest absolute Gasteiger partial charge is 0.493 e. The first-order valence-electron chi connectivity index (χ1n) is 11.1. The topological polar surface area (TPSA) is 77.1 Å². The van der Waals surface area contributed by atoms with Crippen molar-refractivity contribution in [3.63, 3.8) is 0 Å². The maximum absolute atomic E-state index is 13.0.